The van der Waals surface area contributed by atoms with E-state index in [0.29, 0.717) is 6.04 Å². The molecule has 0 radical (unpaired) electrons. The van der Waals surface area contributed by atoms with Crippen LogP contribution in [0.3, 0.4) is 0 Å². The van der Waals surface area contributed by atoms with Crippen molar-refractivity contribution >= 4 is 0 Å². The van der Waals surface area contributed by atoms with Crippen LogP contribution in [0.2, 0.25) is 0 Å². The molecule has 2 nitrogen and oxygen atoms in total. The van der Waals surface area contributed by atoms with Gasteiger partial charge in [0.15, 0.2) is 0 Å². The molecule has 0 spiro atoms. The molecule has 0 aliphatic heterocycles. The van der Waals surface area contributed by atoms with Crippen molar-refractivity contribution in [1.82, 2.24) is 10.3 Å². The van der Waals surface area contributed by atoms with E-state index in [1.54, 1.807) is 0 Å². The van der Waals surface area contributed by atoms with E-state index < -0.39 is 0 Å². The minimum atomic E-state index is 0.361. The number of aryl methyl sites for hydroxylation is 1. The van der Waals surface area contributed by atoms with Crippen LogP contribution in [-0.2, 0) is 0 Å². The number of aromatic nitrogens is 1. The normalized spacial score (nSPS) is 12.6. The Morgan fingerprint density at radius 3 is 2.25 bits per heavy atom. The summed E-state index contributed by atoms with van der Waals surface area (Å²) in [5, 5.41) is 3.57. The molecule has 0 saturated carbocycles. The molecule has 1 heterocycles. The molecule has 0 saturated heterocycles. The highest BCUT2D eigenvalue weighted by Crippen LogP contribution is 2.11. The first-order valence-corrected chi connectivity index (χ1v) is 8.40. The zero-order valence-electron chi connectivity index (χ0n) is 13.6. The second kappa shape index (κ2) is 10.8. The number of nitrogens with zero attached hydrogens (tertiary/aromatic N) is 1. The van der Waals surface area contributed by atoms with Gasteiger partial charge in [-0.1, -0.05) is 57.9 Å². The molecule has 0 unspecified atom stereocenters. The smallest absolute Gasteiger partial charge is 0.0570 e. The summed E-state index contributed by atoms with van der Waals surface area (Å²) in [6.07, 6.45) is 13.0. The third kappa shape index (κ3) is 7.64. The Bertz CT molecular complexity index is 332. The summed E-state index contributed by atoms with van der Waals surface area (Å²) in [6.45, 7) is 7.65. The van der Waals surface area contributed by atoms with Gasteiger partial charge >= 0.3 is 0 Å². The molecule has 2 heteroatoms. The fraction of sp³-hybridized carbons (Fsp3) is 0.722. The van der Waals surface area contributed by atoms with Gasteiger partial charge in [-0.05, 0) is 38.4 Å². The Hall–Kier alpha value is -0.890. The Labute approximate surface area is 125 Å². The summed E-state index contributed by atoms with van der Waals surface area (Å²) in [6, 6.07) is 4.62. The predicted octanol–water partition coefficient (Wildman–Crippen LogP) is 5.18. The lowest BCUT2D eigenvalue weighted by Gasteiger charge is -2.13. The molecular formula is C18H32N2. The standard InChI is InChI=1S/C18H32N2/c1-4-5-6-7-8-9-10-11-14-19-17(3)18-13-12-16(2)15-20-18/h12-13,15,17,19H,4-11,14H2,1-3H3/t17-/m0/s1. The van der Waals surface area contributed by atoms with Crippen LogP contribution >= 0.6 is 0 Å². The quantitative estimate of drug-likeness (QED) is 0.563. The van der Waals surface area contributed by atoms with E-state index in [1.165, 1.54) is 56.9 Å². The van der Waals surface area contributed by atoms with Crippen molar-refractivity contribution in [1.29, 1.82) is 0 Å². The maximum atomic E-state index is 4.47. The van der Waals surface area contributed by atoms with Crippen molar-refractivity contribution < 1.29 is 0 Å². The average molecular weight is 276 g/mol. The SMILES string of the molecule is CCCCCCCCCCN[C@@H](C)c1ccc(C)cn1. The number of hydrogen-bond acceptors (Lipinski definition) is 2. The lowest BCUT2D eigenvalue weighted by atomic mass is 10.1. The van der Waals surface area contributed by atoms with Gasteiger partial charge in [-0.15, -0.1) is 0 Å². The van der Waals surface area contributed by atoms with Crippen molar-refractivity contribution in [3.63, 3.8) is 0 Å². The van der Waals surface area contributed by atoms with E-state index >= 15 is 0 Å². The number of hydrogen-bond donors (Lipinski definition) is 1. The van der Waals surface area contributed by atoms with Gasteiger partial charge in [0.25, 0.3) is 0 Å². The van der Waals surface area contributed by atoms with Crippen LogP contribution in [0.15, 0.2) is 18.3 Å². The summed E-state index contributed by atoms with van der Waals surface area (Å²) in [5.74, 6) is 0. The molecular weight excluding hydrogens is 244 g/mol. The van der Waals surface area contributed by atoms with Crippen molar-refractivity contribution in [3.8, 4) is 0 Å². The third-order valence-electron chi connectivity index (χ3n) is 3.86. The van der Waals surface area contributed by atoms with Crippen LogP contribution in [0.25, 0.3) is 0 Å². The van der Waals surface area contributed by atoms with Crippen LogP contribution in [0.5, 0.6) is 0 Å². The maximum Gasteiger partial charge on any atom is 0.0570 e. The second-order valence-electron chi connectivity index (χ2n) is 5.91. The minimum Gasteiger partial charge on any atom is -0.309 e. The van der Waals surface area contributed by atoms with Crippen molar-refractivity contribution in [2.75, 3.05) is 6.54 Å². The van der Waals surface area contributed by atoms with Crippen molar-refractivity contribution in [3.05, 3.63) is 29.6 Å². The van der Waals surface area contributed by atoms with Crippen LogP contribution in [-0.4, -0.2) is 11.5 Å². The molecule has 0 aliphatic rings. The highest BCUT2D eigenvalue weighted by Gasteiger charge is 2.04. The van der Waals surface area contributed by atoms with E-state index in [1.807, 2.05) is 6.20 Å². The highest BCUT2D eigenvalue weighted by molar-refractivity contribution is 5.14. The molecule has 114 valence electrons. The molecule has 1 aromatic rings. The first-order valence-electron chi connectivity index (χ1n) is 8.40. The number of rotatable bonds is 11. The van der Waals surface area contributed by atoms with Gasteiger partial charge in [0, 0.05) is 12.2 Å². The lowest BCUT2D eigenvalue weighted by molar-refractivity contribution is 0.515. The van der Waals surface area contributed by atoms with Crippen LogP contribution in [0, 0.1) is 6.92 Å². The average Bonchev–Trinajstić information content (AvgIpc) is 2.46. The van der Waals surface area contributed by atoms with Crippen LogP contribution < -0.4 is 5.32 Å². The molecule has 0 aromatic carbocycles. The summed E-state index contributed by atoms with van der Waals surface area (Å²) in [4.78, 5) is 4.47. The van der Waals surface area contributed by atoms with E-state index in [0.717, 1.165) is 12.2 Å². The molecule has 1 atom stereocenters. The van der Waals surface area contributed by atoms with Crippen LogP contribution in [0.1, 0.15) is 82.5 Å². The Balaban J connectivity index is 1.99. The van der Waals surface area contributed by atoms with Gasteiger partial charge in [-0.25, -0.2) is 0 Å². The summed E-state index contributed by atoms with van der Waals surface area (Å²) >= 11 is 0. The zero-order valence-corrected chi connectivity index (χ0v) is 13.6. The number of unbranched alkanes of at least 4 members (excludes halogenated alkanes) is 7. The van der Waals surface area contributed by atoms with Crippen LogP contribution in [0.4, 0.5) is 0 Å². The van der Waals surface area contributed by atoms with Crippen molar-refractivity contribution in [2.24, 2.45) is 0 Å². The number of nitrogens with one attached hydrogen (secondary N) is 1. The first kappa shape index (κ1) is 17.2. The van der Waals surface area contributed by atoms with Gasteiger partial charge < -0.3 is 5.32 Å². The van der Waals surface area contributed by atoms with E-state index in [4.69, 9.17) is 0 Å². The van der Waals surface area contributed by atoms with Gasteiger partial charge in [0.2, 0.25) is 0 Å². The molecule has 1 aromatic heterocycles. The largest absolute Gasteiger partial charge is 0.309 e. The zero-order chi connectivity index (χ0) is 14.6. The lowest BCUT2D eigenvalue weighted by Crippen LogP contribution is -2.20. The Kier molecular flexibility index (Phi) is 9.31. The van der Waals surface area contributed by atoms with E-state index in [2.05, 4.69) is 43.2 Å². The Morgan fingerprint density at radius 2 is 1.65 bits per heavy atom. The van der Waals surface area contributed by atoms with Gasteiger partial charge in [0.05, 0.1) is 5.69 Å². The molecule has 1 rings (SSSR count). The van der Waals surface area contributed by atoms with Gasteiger partial charge in [0.1, 0.15) is 0 Å². The van der Waals surface area contributed by atoms with E-state index in [9.17, 15) is 0 Å². The van der Waals surface area contributed by atoms with E-state index in [-0.39, 0.29) is 0 Å². The third-order valence-corrected chi connectivity index (χ3v) is 3.86. The summed E-state index contributed by atoms with van der Waals surface area (Å²) < 4.78 is 0. The monoisotopic (exact) mass is 276 g/mol. The fourth-order valence-corrected chi connectivity index (χ4v) is 2.42. The molecule has 0 bridgehead atoms. The fourth-order valence-electron chi connectivity index (χ4n) is 2.42. The molecule has 0 fully saturated rings. The minimum absolute atomic E-state index is 0.361. The maximum absolute atomic E-state index is 4.47. The van der Waals surface area contributed by atoms with Gasteiger partial charge in [-0.2, -0.15) is 0 Å². The molecule has 20 heavy (non-hydrogen) atoms. The molecule has 0 amide bonds. The summed E-state index contributed by atoms with van der Waals surface area (Å²) in [7, 11) is 0. The number of pyridine rings is 1. The molecule has 1 N–H and O–H groups in total. The first-order chi connectivity index (χ1) is 9.74. The topological polar surface area (TPSA) is 24.9 Å². The second-order valence-corrected chi connectivity index (χ2v) is 5.91. The molecule has 0 aliphatic carbocycles. The summed E-state index contributed by atoms with van der Waals surface area (Å²) in [5.41, 5.74) is 2.37. The highest BCUT2D eigenvalue weighted by atomic mass is 14.9. The van der Waals surface area contributed by atoms with Gasteiger partial charge in [-0.3, -0.25) is 4.98 Å². The predicted molar refractivity (Wildman–Crippen MR) is 88.0 cm³/mol. The Morgan fingerprint density at radius 1 is 1.00 bits per heavy atom. The van der Waals surface area contributed by atoms with Crippen molar-refractivity contribution in [2.45, 2.75) is 78.2 Å².